The second kappa shape index (κ2) is 5.45. The van der Waals surface area contributed by atoms with E-state index in [1.807, 2.05) is 0 Å². The van der Waals surface area contributed by atoms with E-state index in [4.69, 9.17) is 11.6 Å². The lowest BCUT2D eigenvalue weighted by atomic mass is 10.2. The zero-order valence-corrected chi connectivity index (χ0v) is 13.2. The summed E-state index contributed by atoms with van der Waals surface area (Å²) in [5.41, 5.74) is 0.309. The number of fused-ring (bicyclic) bond motifs is 1. The van der Waals surface area contributed by atoms with Crippen LogP contribution < -0.4 is 4.72 Å². The van der Waals surface area contributed by atoms with Crippen LogP contribution in [0, 0.1) is 0 Å². The molecule has 1 aromatic heterocycles. The summed E-state index contributed by atoms with van der Waals surface area (Å²) in [6.45, 7) is -0.666. The van der Waals surface area contributed by atoms with E-state index in [2.05, 4.69) is 25.8 Å². The summed E-state index contributed by atoms with van der Waals surface area (Å²) >= 11 is 9.24. The van der Waals surface area contributed by atoms with Gasteiger partial charge < -0.3 is 0 Å². The zero-order valence-electron chi connectivity index (χ0n) is 10.1. The first-order valence-electron chi connectivity index (χ1n) is 5.29. The summed E-state index contributed by atoms with van der Waals surface area (Å²) in [4.78, 5) is 0. The number of sulfonamides is 1. The minimum absolute atomic E-state index is 0.0746. The molecule has 0 spiro atoms. The summed E-state index contributed by atoms with van der Waals surface area (Å²) in [6.07, 6.45) is -1.69. The third-order valence-corrected chi connectivity index (χ3v) is 3.91. The van der Waals surface area contributed by atoms with Gasteiger partial charge in [0.25, 0.3) is 6.43 Å². The maximum atomic E-state index is 12.6. The summed E-state index contributed by atoms with van der Waals surface area (Å²) in [6, 6.07) is 3.11. The van der Waals surface area contributed by atoms with E-state index in [0.717, 1.165) is 10.9 Å². The SMILES string of the molecule is CS(=O)(=O)Nc1nn(CC(F)F)c2c(Br)ccc(Cl)c12. The number of anilines is 1. The van der Waals surface area contributed by atoms with Gasteiger partial charge in [0.1, 0.15) is 6.54 Å². The van der Waals surface area contributed by atoms with E-state index in [1.165, 1.54) is 6.07 Å². The summed E-state index contributed by atoms with van der Waals surface area (Å²) < 4.78 is 51.5. The monoisotopic (exact) mass is 387 g/mol. The number of nitrogens with one attached hydrogen (secondary N) is 1. The number of halogens is 4. The molecule has 0 aliphatic heterocycles. The molecule has 0 saturated carbocycles. The molecule has 20 heavy (non-hydrogen) atoms. The highest BCUT2D eigenvalue weighted by Crippen LogP contribution is 2.35. The molecule has 10 heteroatoms. The lowest BCUT2D eigenvalue weighted by Crippen LogP contribution is -2.12. The lowest BCUT2D eigenvalue weighted by molar-refractivity contribution is 0.123. The van der Waals surface area contributed by atoms with Crippen molar-refractivity contribution in [3.63, 3.8) is 0 Å². The zero-order chi connectivity index (χ0) is 15.1. The van der Waals surface area contributed by atoms with Crippen molar-refractivity contribution in [2.24, 2.45) is 0 Å². The Hall–Kier alpha value is -0.930. The highest BCUT2D eigenvalue weighted by atomic mass is 79.9. The van der Waals surface area contributed by atoms with Crippen molar-refractivity contribution in [2.45, 2.75) is 13.0 Å². The van der Waals surface area contributed by atoms with Gasteiger partial charge in [-0.2, -0.15) is 5.10 Å². The van der Waals surface area contributed by atoms with Gasteiger partial charge in [0.05, 0.1) is 22.2 Å². The molecule has 2 rings (SSSR count). The molecule has 0 atom stereocenters. The fourth-order valence-corrected chi connectivity index (χ4v) is 3.02. The number of nitrogens with zero attached hydrogens (tertiary/aromatic N) is 2. The highest BCUT2D eigenvalue weighted by molar-refractivity contribution is 9.10. The molecular weight excluding hydrogens is 380 g/mol. The number of hydrogen-bond acceptors (Lipinski definition) is 3. The molecule has 0 amide bonds. The number of hydrogen-bond donors (Lipinski definition) is 1. The van der Waals surface area contributed by atoms with Gasteiger partial charge in [-0.1, -0.05) is 11.6 Å². The molecule has 0 aliphatic carbocycles. The summed E-state index contributed by atoms with van der Waals surface area (Å²) in [5, 5.41) is 4.36. The van der Waals surface area contributed by atoms with Crippen LogP contribution in [0.2, 0.25) is 5.02 Å². The molecule has 0 bridgehead atoms. The number of rotatable bonds is 4. The molecule has 2 aromatic rings. The van der Waals surface area contributed by atoms with Gasteiger partial charge in [-0.3, -0.25) is 9.40 Å². The minimum Gasteiger partial charge on any atom is -0.266 e. The fourth-order valence-electron chi connectivity index (χ4n) is 1.75. The molecule has 0 aliphatic rings. The topological polar surface area (TPSA) is 64.0 Å². The summed E-state index contributed by atoms with van der Waals surface area (Å²) in [7, 11) is -3.60. The molecule has 1 N–H and O–H groups in total. The molecule has 110 valence electrons. The maximum Gasteiger partial charge on any atom is 0.257 e. The van der Waals surface area contributed by atoms with Gasteiger partial charge in [0, 0.05) is 4.47 Å². The number of aromatic nitrogens is 2. The first kappa shape index (κ1) is 15.5. The number of alkyl halides is 2. The maximum absolute atomic E-state index is 12.6. The van der Waals surface area contributed by atoms with E-state index >= 15 is 0 Å². The Labute approximate surface area is 127 Å². The van der Waals surface area contributed by atoms with Crippen molar-refractivity contribution in [3.05, 3.63) is 21.6 Å². The van der Waals surface area contributed by atoms with Gasteiger partial charge in [-0.25, -0.2) is 17.2 Å². The quantitative estimate of drug-likeness (QED) is 0.875. The third kappa shape index (κ3) is 3.21. The molecule has 1 heterocycles. The van der Waals surface area contributed by atoms with Crippen molar-refractivity contribution in [1.29, 1.82) is 0 Å². The Kier molecular flexibility index (Phi) is 4.22. The average molecular weight is 389 g/mol. The normalized spacial score (nSPS) is 12.3. The Morgan fingerprint density at radius 3 is 2.70 bits per heavy atom. The van der Waals surface area contributed by atoms with Crippen LogP contribution in [0.5, 0.6) is 0 Å². The van der Waals surface area contributed by atoms with E-state index in [1.54, 1.807) is 6.07 Å². The Morgan fingerprint density at radius 2 is 2.15 bits per heavy atom. The summed E-state index contributed by atoms with van der Waals surface area (Å²) in [5.74, 6) is -0.0746. The Balaban J connectivity index is 2.73. The van der Waals surface area contributed by atoms with Crippen LogP contribution >= 0.6 is 27.5 Å². The van der Waals surface area contributed by atoms with Crippen LogP contribution in [0.1, 0.15) is 0 Å². The highest BCUT2D eigenvalue weighted by Gasteiger charge is 2.20. The van der Waals surface area contributed by atoms with Crippen LogP contribution in [-0.4, -0.2) is 30.9 Å². The van der Waals surface area contributed by atoms with Crippen LogP contribution in [-0.2, 0) is 16.6 Å². The molecule has 5 nitrogen and oxygen atoms in total. The van der Waals surface area contributed by atoms with E-state index in [9.17, 15) is 17.2 Å². The van der Waals surface area contributed by atoms with E-state index in [-0.39, 0.29) is 16.2 Å². The van der Waals surface area contributed by atoms with Crippen LogP contribution in [0.15, 0.2) is 16.6 Å². The third-order valence-electron chi connectivity index (χ3n) is 2.39. The number of benzene rings is 1. The molecule has 1 aromatic carbocycles. The molecular formula is C10H9BrClF2N3O2S. The van der Waals surface area contributed by atoms with Gasteiger partial charge in [0.15, 0.2) is 5.82 Å². The molecule has 0 saturated heterocycles. The molecule has 0 radical (unpaired) electrons. The fraction of sp³-hybridized carbons (Fsp3) is 0.300. The second-order valence-electron chi connectivity index (χ2n) is 4.05. The van der Waals surface area contributed by atoms with Crippen LogP contribution in [0.25, 0.3) is 10.9 Å². The van der Waals surface area contributed by atoms with Crippen molar-refractivity contribution in [2.75, 3.05) is 11.0 Å². The average Bonchev–Trinajstić information content (AvgIpc) is 2.60. The van der Waals surface area contributed by atoms with Crippen molar-refractivity contribution in [1.82, 2.24) is 9.78 Å². The van der Waals surface area contributed by atoms with Crippen LogP contribution in [0.3, 0.4) is 0 Å². The molecule has 0 unspecified atom stereocenters. The van der Waals surface area contributed by atoms with Crippen molar-refractivity contribution < 1.29 is 17.2 Å². The van der Waals surface area contributed by atoms with E-state index in [0.29, 0.717) is 9.99 Å². The van der Waals surface area contributed by atoms with Gasteiger partial charge in [-0.05, 0) is 28.1 Å². The van der Waals surface area contributed by atoms with Gasteiger partial charge >= 0.3 is 0 Å². The minimum atomic E-state index is -3.60. The molecule has 0 fully saturated rings. The van der Waals surface area contributed by atoms with Crippen molar-refractivity contribution >= 4 is 54.3 Å². The largest absolute Gasteiger partial charge is 0.266 e. The lowest BCUT2D eigenvalue weighted by Gasteiger charge is -2.04. The second-order valence-corrected chi connectivity index (χ2v) is 7.06. The first-order valence-corrected chi connectivity index (χ1v) is 8.35. The predicted molar refractivity (Wildman–Crippen MR) is 76.9 cm³/mol. The first-order chi connectivity index (χ1) is 9.19. The van der Waals surface area contributed by atoms with Crippen LogP contribution in [0.4, 0.5) is 14.6 Å². The smallest absolute Gasteiger partial charge is 0.257 e. The van der Waals surface area contributed by atoms with Crippen molar-refractivity contribution in [3.8, 4) is 0 Å². The Bertz CT molecular complexity index is 763. The van der Waals surface area contributed by atoms with Gasteiger partial charge in [0.2, 0.25) is 10.0 Å². The predicted octanol–water partition coefficient (Wildman–Crippen LogP) is 3.09. The standard InChI is InChI=1S/C10H9BrClF2N3O2S/c1-20(18,19)16-10-8-6(12)3-2-5(11)9(8)17(15-10)4-7(13)14/h2-3,7H,4H2,1H3,(H,15,16). The van der Waals surface area contributed by atoms with E-state index < -0.39 is 23.0 Å². The Morgan fingerprint density at radius 1 is 1.50 bits per heavy atom. The van der Waals surface area contributed by atoms with Gasteiger partial charge in [-0.15, -0.1) is 0 Å².